The van der Waals surface area contributed by atoms with E-state index in [1.807, 2.05) is 6.20 Å². The normalized spacial score (nSPS) is 11.5. The van der Waals surface area contributed by atoms with Crippen molar-refractivity contribution in [3.8, 4) is 22.4 Å². The number of pyridine rings is 1. The fraction of sp³-hybridized carbons (Fsp3) is 0.0938. The summed E-state index contributed by atoms with van der Waals surface area (Å²) in [4.78, 5) is 4.76. The van der Waals surface area contributed by atoms with Crippen molar-refractivity contribution in [1.29, 1.82) is 0 Å². The molecule has 158 valence electrons. The molecule has 0 unspecified atom stereocenters. The number of aromatic nitrogens is 1. The van der Waals surface area contributed by atoms with Crippen LogP contribution < -0.4 is 0 Å². The number of hydrogen-bond acceptors (Lipinski definition) is 1. The summed E-state index contributed by atoms with van der Waals surface area (Å²) in [6, 6.07) is 33.1. The van der Waals surface area contributed by atoms with E-state index in [9.17, 15) is 0 Å². The largest absolute Gasteiger partial charge is 0.256 e. The van der Waals surface area contributed by atoms with E-state index in [0.717, 1.165) is 11.3 Å². The molecule has 1 aromatic heterocycles. The molecule has 0 spiro atoms. The molecule has 6 rings (SSSR count). The number of aryl methyl sites for hydroxylation is 3. The summed E-state index contributed by atoms with van der Waals surface area (Å²) in [5.41, 5.74) is 8.59. The van der Waals surface area contributed by atoms with Gasteiger partial charge in [-0.1, -0.05) is 78.4 Å². The van der Waals surface area contributed by atoms with Crippen LogP contribution in [0.2, 0.25) is 0 Å². The van der Waals surface area contributed by atoms with Crippen molar-refractivity contribution >= 4 is 32.3 Å². The van der Waals surface area contributed by atoms with E-state index >= 15 is 0 Å². The molecule has 1 heteroatoms. The minimum Gasteiger partial charge on any atom is -0.256 e. The molecule has 0 saturated heterocycles. The summed E-state index contributed by atoms with van der Waals surface area (Å²) in [6.45, 7) is 6.55. The molecule has 33 heavy (non-hydrogen) atoms. The second kappa shape index (κ2) is 7.56. The molecule has 1 heterocycles. The van der Waals surface area contributed by atoms with Crippen LogP contribution in [0.5, 0.6) is 0 Å². The second-order valence-corrected chi connectivity index (χ2v) is 9.06. The van der Waals surface area contributed by atoms with Gasteiger partial charge in [-0.25, -0.2) is 0 Å². The van der Waals surface area contributed by atoms with Gasteiger partial charge < -0.3 is 0 Å². The van der Waals surface area contributed by atoms with E-state index in [0.29, 0.717) is 0 Å². The average Bonchev–Trinajstić information content (AvgIpc) is 2.83. The van der Waals surface area contributed by atoms with Crippen molar-refractivity contribution < 1.29 is 0 Å². The van der Waals surface area contributed by atoms with Crippen molar-refractivity contribution in [2.45, 2.75) is 20.8 Å². The van der Waals surface area contributed by atoms with E-state index in [4.69, 9.17) is 4.98 Å². The van der Waals surface area contributed by atoms with Crippen LogP contribution in [0.3, 0.4) is 0 Å². The Morgan fingerprint density at radius 3 is 1.64 bits per heavy atom. The van der Waals surface area contributed by atoms with E-state index < -0.39 is 0 Å². The van der Waals surface area contributed by atoms with E-state index in [-0.39, 0.29) is 0 Å². The third-order valence-corrected chi connectivity index (χ3v) is 6.77. The molecule has 0 bridgehead atoms. The Morgan fingerprint density at radius 2 is 1.03 bits per heavy atom. The highest BCUT2D eigenvalue weighted by molar-refractivity contribution is 6.25. The summed E-state index contributed by atoms with van der Waals surface area (Å²) in [6.07, 6.45) is 1.94. The Balaban J connectivity index is 1.59. The van der Waals surface area contributed by atoms with Crippen molar-refractivity contribution in [2.75, 3.05) is 0 Å². The van der Waals surface area contributed by atoms with Gasteiger partial charge in [-0.15, -0.1) is 0 Å². The predicted octanol–water partition coefficient (Wildman–Crippen LogP) is 8.80. The molecule has 0 aliphatic heterocycles. The molecule has 0 aliphatic rings. The molecule has 5 aromatic carbocycles. The van der Waals surface area contributed by atoms with Crippen LogP contribution in [0.4, 0.5) is 0 Å². The number of fused-ring (bicyclic) bond motifs is 6. The highest BCUT2D eigenvalue weighted by Crippen LogP contribution is 2.37. The molecule has 0 atom stereocenters. The van der Waals surface area contributed by atoms with Gasteiger partial charge in [-0.2, -0.15) is 0 Å². The first-order valence-electron chi connectivity index (χ1n) is 11.5. The number of hydrogen-bond donors (Lipinski definition) is 0. The third kappa shape index (κ3) is 3.20. The third-order valence-electron chi connectivity index (χ3n) is 6.77. The monoisotopic (exact) mass is 423 g/mol. The molecule has 0 saturated carbocycles. The van der Waals surface area contributed by atoms with Crippen LogP contribution in [0, 0.1) is 20.8 Å². The van der Waals surface area contributed by atoms with Crippen LogP contribution in [0.15, 0.2) is 97.2 Å². The molecule has 0 amide bonds. The fourth-order valence-electron chi connectivity index (χ4n) is 5.45. The lowest BCUT2D eigenvalue weighted by atomic mass is 9.91. The molecule has 0 aliphatic carbocycles. The van der Waals surface area contributed by atoms with Crippen LogP contribution in [0.25, 0.3) is 54.7 Å². The standard InChI is InChI=1S/C32H25N/c1-20-16-21(2)32(22(3)17-20)24-14-15-33-31(19-24)23-12-13-29-27-10-5-4-8-25(27)26-9-6-7-11-28(26)30(29)18-23/h4-19H,1-3H3. The van der Waals surface area contributed by atoms with Gasteiger partial charge >= 0.3 is 0 Å². The Labute approximate surface area is 194 Å². The lowest BCUT2D eigenvalue weighted by molar-refractivity contribution is 1.29. The molecular formula is C32H25N. The number of nitrogens with zero attached hydrogens (tertiary/aromatic N) is 1. The zero-order chi connectivity index (χ0) is 22.5. The van der Waals surface area contributed by atoms with Crippen LogP contribution in [-0.2, 0) is 0 Å². The van der Waals surface area contributed by atoms with Gasteiger partial charge in [0, 0.05) is 11.8 Å². The topological polar surface area (TPSA) is 12.9 Å². The first-order chi connectivity index (χ1) is 16.1. The number of rotatable bonds is 2. The van der Waals surface area contributed by atoms with Crippen molar-refractivity contribution in [1.82, 2.24) is 4.98 Å². The van der Waals surface area contributed by atoms with Gasteiger partial charge in [0.15, 0.2) is 0 Å². The van der Waals surface area contributed by atoms with E-state index in [1.54, 1.807) is 0 Å². The highest BCUT2D eigenvalue weighted by atomic mass is 14.7. The summed E-state index contributed by atoms with van der Waals surface area (Å²) in [7, 11) is 0. The molecule has 0 radical (unpaired) electrons. The second-order valence-electron chi connectivity index (χ2n) is 9.06. The maximum absolute atomic E-state index is 4.76. The minimum atomic E-state index is 1.01. The van der Waals surface area contributed by atoms with Gasteiger partial charge in [0.2, 0.25) is 0 Å². The highest BCUT2D eigenvalue weighted by Gasteiger charge is 2.12. The quantitative estimate of drug-likeness (QED) is 0.254. The zero-order valence-electron chi connectivity index (χ0n) is 19.2. The molecule has 1 nitrogen and oxygen atoms in total. The van der Waals surface area contributed by atoms with Crippen LogP contribution in [-0.4, -0.2) is 4.98 Å². The molecule has 6 aromatic rings. The van der Waals surface area contributed by atoms with Gasteiger partial charge in [0.1, 0.15) is 0 Å². The smallest absolute Gasteiger partial charge is 0.0708 e. The summed E-state index contributed by atoms with van der Waals surface area (Å²) < 4.78 is 0. The summed E-state index contributed by atoms with van der Waals surface area (Å²) >= 11 is 0. The maximum Gasteiger partial charge on any atom is 0.0708 e. The van der Waals surface area contributed by atoms with Crippen molar-refractivity contribution in [3.63, 3.8) is 0 Å². The number of benzene rings is 5. The maximum atomic E-state index is 4.76. The van der Waals surface area contributed by atoms with Crippen molar-refractivity contribution in [3.05, 3.63) is 114 Å². The van der Waals surface area contributed by atoms with Gasteiger partial charge in [-0.3, -0.25) is 4.98 Å². The van der Waals surface area contributed by atoms with Crippen LogP contribution >= 0.6 is 0 Å². The molecule has 0 N–H and O–H groups in total. The Hall–Kier alpha value is -3.97. The lowest BCUT2D eigenvalue weighted by Gasteiger charge is -2.14. The minimum absolute atomic E-state index is 1.01. The van der Waals surface area contributed by atoms with Gasteiger partial charge in [-0.05, 0) is 93.5 Å². The van der Waals surface area contributed by atoms with Crippen LogP contribution in [0.1, 0.15) is 16.7 Å². The predicted molar refractivity (Wildman–Crippen MR) is 142 cm³/mol. The van der Waals surface area contributed by atoms with Gasteiger partial charge in [0.25, 0.3) is 0 Å². The average molecular weight is 424 g/mol. The first kappa shape index (κ1) is 19.7. The summed E-state index contributed by atoms with van der Waals surface area (Å²) in [5.74, 6) is 0. The van der Waals surface area contributed by atoms with E-state index in [2.05, 4.69) is 112 Å². The Bertz CT molecular complexity index is 1630. The Kier molecular flexibility index (Phi) is 4.52. The summed E-state index contributed by atoms with van der Waals surface area (Å²) in [5, 5.41) is 7.75. The molecule has 0 fully saturated rings. The van der Waals surface area contributed by atoms with Gasteiger partial charge in [0.05, 0.1) is 5.69 Å². The van der Waals surface area contributed by atoms with E-state index in [1.165, 1.54) is 60.1 Å². The lowest BCUT2D eigenvalue weighted by Crippen LogP contribution is -1.92. The SMILES string of the molecule is Cc1cc(C)c(-c2ccnc(-c3ccc4c5ccccc5c5ccccc5c4c3)c2)c(C)c1. The van der Waals surface area contributed by atoms with Crippen molar-refractivity contribution in [2.24, 2.45) is 0 Å². The Morgan fingerprint density at radius 1 is 0.485 bits per heavy atom. The molecular weight excluding hydrogens is 398 g/mol. The first-order valence-corrected chi connectivity index (χ1v) is 11.5. The fourth-order valence-corrected chi connectivity index (χ4v) is 5.45. The zero-order valence-corrected chi connectivity index (χ0v) is 19.2.